The summed E-state index contributed by atoms with van der Waals surface area (Å²) >= 11 is 0. The molecule has 0 amide bonds. The van der Waals surface area contributed by atoms with Crippen LogP contribution in [0.4, 0.5) is 0 Å². The topological polar surface area (TPSA) is 26.0 Å². The molecule has 0 fully saturated rings. The minimum atomic E-state index is 0.00977. The number of rotatable bonds is 8. The average molecular weight is 518 g/mol. The molecular weight excluding hydrogens is 482 g/mol. The fraction of sp³-hybridized carbons (Fsp3) is 0.128. The van der Waals surface area contributed by atoms with Gasteiger partial charge in [0.15, 0.2) is 0 Å². The first-order chi connectivity index (χ1) is 19.8. The third-order valence-corrected chi connectivity index (χ3v) is 8.24. The summed E-state index contributed by atoms with van der Waals surface area (Å²) in [6.45, 7) is 0. The maximum absolute atomic E-state index is 7.02. The Labute approximate surface area is 238 Å². The smallest absolute Gasteiger partial charge is 0.0335 e. The van der Waals surface area contributed by atoms with Crippen molar-refractivity contribution in [2.45, 2.75) is 24.8 Å². The molecule has 1 heteroatoms. The van der Waals surface area contributed by atoms with Crippen LogP contribution in [0.2, 0.25) is 0 Å². The van der Waals surface area contributed by atoms with Crippen molar-refractivity contribution >= 4 is 11.1 Å². The van der Waals surface area contributed by atoms with E-state index in [1.807, 2.05) is 0 Å². The predicted octanol–water partition coefficient (Wildman–Crippen LogP) is 9.44. The summed E-state index contributed by atoms with van der Waals surface area (Å²) in [6.07, 6.45) is 6.72. The predicted molar refractivity (Wildman–Crippen MR) is 169 cm³/mol. The van der Waals surface area contributed by atoms with Gasteiger partial charge in [-0.05, 0) is 69.2 Å². The van der Waals surface area contributed by atoms with E-state index in [0.717, 1.165) is 12.8 Å². The van der Waals surface area contributed by atoms with Crippen LogP contribution in [0.15, 0.2) is 158 Å². The molecule has 40 heavy (non-hydrogen) atoms. The molecule has 1 nitrogen and oxygen atoms in total. The van der Waals surface area contributed by atoms with Gasteiger partial charge >= 0.3 is 0 Å². The third-order valence-electron chi connectivity index (χ3n) is 8.24. The van der Waals surface area contributed by atoms with Crippen molar-refractivity contribution in [3.8, 4) is 0 Å². The molecule has 0 aliphatic heterocycles. The van der Waals surface area contributed by atoms with Gasteiger partial charge < -0.3 is 5.73 Å². The van der Waals surface area contributed by atoms with Crippen molar-refractivity contribution < 1.29 is 0 Å². The van der Waals surface area contributed by atoms with Gasteiger partial charge in [0.05, 0.1) is 0 Å². The molecule has 0 bridgehead atoms. The van der Waals surface area contributed by atoms with Gasteiger partial charge in [-0.15, -0.1) is 0 Å². The van der Waals surface area contributed by atoms with Gasteiger partial charge in [-0.1, -0.05) is 158 Å². The van der Waals surface area contributed by atoms with Crippen LogP contribution in [-0.2, 0) is 0 Å². The van der Waals surface area contributed by atoms with Crippen LogP contribution in [-0.4, -0.2) is 0 Å². The molecular formula is C39H35N. The van der Waals surface area contributed by atoms with Crippen LogP contribution in [0, 0.1) is 5.92 Å². The molecule has 3 atom stereocenters. The lowest BCUT2D eigenvalue weighted by Gasteiger charge is -2.23. The Morgan fingerprint density at radius 1 is 0.450 bits per heavy atom. The summed E-state index contributed by atoms with van der Waals surface area (Å²) in [5.41, 5.74) is 17.2. The average Bonchev–Trinajstić information content (AvgIpc) is 3.30. The van der Waals surface area contributed by atoms with E-state index in [2.05, 4.69) is 158 Å². The van der Waals surface area contributed by atoms with E-state index in [-0.39, 0.29) is 6.04 Å². The minimum absolute atomic E-state index is 0.00977. The zero-order valence-corrected chi connectivity index (χ0v) is 22.7. The van der Waals surface area contributed by atoms with Crippen molar-refractivity contribution in [1.29, 1.82) is 0 Å². The van der Waals surface area contributed by atoms with Gasteiger partial charge in [-0.2, -0.15) is 0 Å². The molecule has 1 aliphatic rings. The van der Waals surface area contributed by atoms with Gasteiger partial charge in [0.1, 0.15) is 0 Å². The molecule has 0 spiro atoms. The maximum atomic E-state index is 7.02. The first kappa shape index (κ1) is 25.8. The number of allylic oxidation sites excluding steroid dienone is 2. The molecule has 0 radical (unpaired) electrons. The Hall–Kier alpha value is -4.46. The minimum Gasteiger partial charge on any atom is -0.324 e. The van der Waals surface area contributed by atoms with Crippen molar-refractivity contribution in [2.24, 2.45) is 11.7 Å². The van der Waals surface area contributed by atoms with Crippen molar-refractivity contribution in [3.63, 3.8) is 0 Å². The zero-order valence-electron chi connectivity index (χ0n) is 22.7. The summed E-state index contributed by atoms with van der Waals surface area (Å²) in [6, 6.07) is 51.7. The lowest BCUT2D eigenvalue weighted by Crippen LogP contribution is -2.19. The fourth-order valence-electron chi connectivity index (χ4n) is 6.25. The maximum Gasteiger partial charge on any atom is 0.0335 e. The van der Waals surface area contributed by atoms with Gasteiger partial charge in [0.2, 0.25) is 0 Å². The number of hydrogen-bond acceptors (Lipinski definition) is 1. The Kier molecular flexibility index (Phi) is 7.84. The van der Waals surface area contributed by atoms with E-state index < -0.39 is 0 Å². The Bertz CT molecular complexity index is 1500. The number of fused-ring (bicyclic) bond motifs is 1. The summed E-state index contributed by atoms with van der Waals surface area (Å²) in [7, 11) is 0. The van der Waals surface area contributed by atoms with Crippen LogP contribution in [0.25, 0.3) is 11.1 Å². The van der Waals surface area contributed by atoms with E-state index in [1.54, 1.807) is 0 Å². The Balaban J connectivity index is 1.38. The highest BCUT2D eigenvalue weighted by Crippen LogP contribution is 2.48. The molecule has 2 N–H and O–H groups in total. The van der Waals surface area contributed by atoms with Crippen molar-refractivity contribution in [1.82, 2.24) is 0 Å². The first-order valence-electron chi connectivity index (χ1n) is 14.3. The normalized spacial score (nSPS) is 17.6. The summed E-state index contributed by atoms with van der Waals surface area (Å²) in [4.78, 5) is 0. The second-order valence-electron chi connectivity index (χ2n) is 10.6. The number of benzene rings is 5. The summed E-state index contributed by atoms with van der Waals surface area (Å²) < 4.78 is 0. The van der Waals surface area contributed by atoms with Gasteiger partial charge in [-0.3, -0.25) is 0 Å². The molecule has 6 rings (SSSR count). The summed E-state index contributed by atoms with van der Waals surface area (Å²) in [5.74, 6) is 0.654. The second-order valence-corrected chi connectivity index (χ2v) is 10.6. The highest BCUT2D eigenvalue weighted by Gasteiger charge is 2.37. The number of hydrogen-bond donors (Lipinski definition) is 1. The van der Waals surface area contributed by atoms with Crippen LogP contribution in [0.5, 0.6) is 0 Å². The van der Waals surface area contributed by atoms with Gasteiger partial charge in [-0.25, -0.2) is 0 Å². The molecule has 1 aliphatic carbocycles. The van der Waals surface area contributed by atoms with E-state index in [4.69, 9.17) is 5.73 Å². The molecule has 5 aromatic carbocycles. The van der Waals surface area contributed by atoms with Crippen LogP contribution < -0.4 is 5.73 Å². The lowest BCUT2D eigenvalue weighted by atomic mass is 9.83. The highest BCUT2D eigenvalue weighted by atomic mass is 14.7. The Morgan fingerprint density at radius 2 is 0.800 bits per heavy atom. The lowest BCUT2D eigenvalue weighted by molar-refractivity contribution is 0.399. The monoisotopic (exact) mass is 517 g/mol. The zero-order chi connectivity index (χ0) is 27.1. The molecule has 0 saturated heterocycles. The molecule has 196 valence electrons. The molecule has 3 unspecified atom stereocenters. The van der Waals surface area contributed by atoms with E-state index in [1.165, 1.54) is 44.5 Å². The largest absolute Gasteiger partial charge is 0.324 e. The SMILES string of the molecule is NC1c2ccccc2C(CC=C(c2ccccc2)c2ccccc2)C1CC=C(c1ccccc1)c1ccccc1. The van der Waals surface area contributed by atoms with E-state index in [0.29, 0.717) is 11.8 Å². The van der Waals surface area contributed by atoms with Gasteiger partial charge in [0, 0.05) is 6.04 Å². The van der Waals surface area contributed by atoms with Crippen LogP contribution >= 0.6 is 0 Å². The standard InChI is InChI=1S/C39H35N/c40-39-37-24-14-13-23-35(37)36(27-25-33(29-15-5-1-6-16-29)30-17-7-2-8-18-30)38(39)28-26-34(31-19-9-3-10-20-31)32-21-11-4-12-22-32/h1-26,36,38-39H,27-28,40H2. The van der Waals surface area contributed by atoms with E-state index in [9.17, 15) is 0 Å². The highest BCUT2D eigenvalue weighted by molar-refractivity contribution is 5.80. The van der Waals surface area contributed by atoms with Crippen molar-refractivity contribution in [3.05, 3.63) is 191 Å². The number of nitrogens with two attached hydrogens (primary N) is 1. The molecule has 5 aromatic rings. The molecule has 0 saturated carbocycles. The third kappa shape index (κ3) is 5.47. The molecule has 0 heterocycles. The fourth-order valence-corrected chi connectivity index (χ4v) is 6.25. The quantitative estimate of drug-likeness (QED) is 0.218. The first-order valence-corrected chi connectivity index (χ1v) is 14.3. The van der Waals surface area contributed by atoms with E-state index >= 15 is 0 Å². The van der Waals surface area contributed by atoms with Crippen LogP contribution in [0.3, 0.4) is 0 Å². The van der Waals surface area contributed by atoms with Crippen molar-refractivity contribution in [2.75, 3.05) is 0 Å². The Morgan fingerprint density at radius 3 is 1.23 bits per heavy atom. The van der Waals surface area contributed by atoms with Gasteiger partial charge in [0.25, 0.3) is 0 Å². The second kappa shape index (κ2) is 12.2. The molecule has 0 aromatic heterocycles. The van der Waals surface area contributed by atoms with Crippen LogP contribution in [0.1, 0.15) is 58.2 Å². The summed E-state index contributed by atoms with van der Waals surface area (Å²) in [5, 5.41) is 0.